The molecule has 80 valence electrons. The average Bonchev–Trinajstić information content (AvgIpc) is 2.03. The highest BCUT2D eigenvalue weighted by Crippen LogP contribution is 2.05. The van der Waals surface area contributed by atoms with Crippen molar-refractivity contribution in [3.63, 3.8) is 0 Å². The SMILES string of the molecule is CCC(Cl)CCNS(=O)(=O)N(C)C. The van der Waals surface area contributed by atoms with E-state index in [2.05, 4.69) is 4.72 Å². The molecule has 0 aliphatic rings. The summed E-state index contributed by atoms with van der Waals surface area (Å²) in [5, 5.41) is 0.0462. The Morgan fingerprint density at radius 1 is 1.46 bits per heavy atom. The Balaban J connectivity index is 3.78. The number of hydrogen-bond acceptors (Lipinski definition) is 2. The van der Waals surface area contributed by atoms with Crippen LogP contribution in [0.4, 0.5) is 0 Å². The average molecular weight is 229 g/mol. The van der Waals surface area contributed by atoms with E-state index < -0.39 is 10.2 Å². The fourth-order valence-corrected chi connectivity index (χ4v) is 1.42. The number of rotatable bonds is 6. The van der Waals surface area contributed by atoms with Gasteiger partial charge in [-0.1, -0.05) is 6.92 Å². The molecule has 0 heterocycles. The summed E-state index contributed by atoms with van der Waals surface area (Å²) in [5.74, 6) is 0. The van der Waals surface area contributed by atoms with E-state index in [1.54, 1.807) is 0 Å². The molecule has 0 radical (unpaired) electrons. The normalized spacial score (nSPS) is 14.8. The first kappa shape index (κ1) is 13.2. The number of nitrogens with one attached hydrogen (secondary N) is 1. The van der Waals surface area contributed by atoms with Gasteiger partial charge in [0, 0.05) is 26.0 Å². The number of halogens is 1. The molecule has 0 fully saturated rings. The summed E-state index contributed by atoms with van der Waals surface area (Å²) in [6.07, 6.45) is 1.51. The van der Waals surface area contributed by atoms with Gasteiger partial charge < -0.3 is 0 Å². The van der Waals surface area contributed by atoms with Gasteiger partial charge in [-0.15, -0.1) is 11.6 Å². The Labute approximate surface area is 85.4 Å². The van der Waals surface area contributed by atoms with Crippen molar-refractivity contribution in [2.75, 3.05) is 20.6 Å². The lowest BCUT2D eigenvalue weighted by Gasteiger charge is -2.13. The van der Waals surface area contributed by atoms with Crippen molar-refractivity contribution in [2.24, 2.45) is 0 Å². The molecule has 0 aliphatic carbocycles. The Bertz CT molecular complexity index is 229. The van der Waals surface area contributed by atoms with Crippen LogP contribution in [0.3, 0.4) is 0 Å². The second-order valence-electron chi connectivity index (χ2n) is 2.98. The quantitative estimate of drug-likeness (QED) is 0.684. The van der Waals surface area contributed by atoms with Crippen LogP contribution in [0.5, 0.6) is 0 Å². The fraction of sp³-hybridized carbons (Fsp3) is 1.00. The number of nitrogens with zero attached hydrogens (tertiary/aromatic N) is 1. The molecule has 1 N–H and O–H groups in total. The van der Waals surface area contributed by atoms with Gasteiger partial charge in [0.2, 0.25) is 0 Å². The van der Waals surface area contributed by atoms with E-state index in [4.69, 9.17) is 11.6 Å². The molecule has 0 rings (SSSR count). The van der Waals surface area contributed by atoms with Gasteiger partial charge in [-0.3, -0.25) is 0 Å². The molecule has 0 aromatic carbocycles. The summed E-state index contributed by atoms with van der Waals surface area (Å²) in [5.41, 5.74) is 0. The third kappa shape index (κ3) is 5.46. The van der Waals surface area contributed by atoms with Gasteiger partial charge in [0.05, 0.1) is 0 Å². The Morgan fingerprint density at radius 2 is 2.00 bits per heavy atom. The summed E-state index contributed by atoms with van der Waals surface area (Å²) in [7, 11) is -0.305. The highest BCUT2D eigenvalue weighted by atomic mass is 35.5. The van der Waals surface area contributed by atoms with Gasteiger partial charge in [-0.05, 0) is 12.8 Å². The number of alkyl halides is 1. The Kier molecular flexibility index (Phi) is 5.87. The molecule has 1 atom stereocenters. The molecule has 0 aromatic heterocycles. The predicted octanol–water partition coefficient (Wildman–Crippen LogP) is 0.790. The molecule has 0 amide bonds. The Morgan fingerprint density at radius 3 is 2.38 bits per heavy atom. The molecular formula is C7H17ClN2O2S. The minimum absolute atomic E-state index is 0.0462. The highest BCUT2D eigenvalue weighted by molar-refractivity contribution is 7.87. The first-order chi connectivity index (χ1) is 5.90. The first-order valence-electron chi connectivity index (χ1n) is 4.21. The molecule has 0 saturated heterocycles. The van der Waals surface area contributed by atoms with Crippen molar-refractivity contribution in [2.45, 2.75) is 25.1 Å². The van der Waals surface area contributed by atoms with Gasteiger partial charge >= 0.3 is 0 Å². The zero-order valence-corrected chi connectivity index (χ0v) is 9.82. The van der Waals surface area contributed by atoms with E-state index >= 15 is 0 Å². The molecule has 1 unspecified atom stereocenters. The van der Waals surface area contributed by atoms with Crippen molar-refractivity contribution >= 4 is 21.8 Å². The first-order valence-corrected chi connectivity index (χ1v) is 6.09. The molecular weight excluding hydrogens is 212 g/mol. The van der Waals surface area contributed by atoms with E-state index in [1.165, 1.54) is 14.1 Å². The summed E-state index contributed by atoms with van der Waals surface area (Å²) in [6, 6.07) is 0. The van der Waals surface area contributed by atoms with Gasteiger partial charge in [-0.25, -0.2) is 4.72 Å². The fourth-order valence-electron chi connectivity index (χ4n) is 0.678. The van der Waals surface area contributed by atoms with Crippen molar-refractivity contribution in [3.8, 4) is 0 Å². The standard InChI is InChI=1S/C7H17ClN2O2S/c1-4-7(8)5-6-9-13(11,12)10(2)3/h7,9H,4-6H2,1-3H3. The molecule has 0 spiro atoms. The third-order valence-electron chi connectivity index (χ3n) is 1.67. The van der Waals surface area contributed by atoms with E-state index in [0.29, 0.717) is 13.0 Å². The molecule has 0 aromatic rings. The van der Waals surface area contributed by atoms with Crippen LogP contribution in [0, 0.1) is 0 Å². The van der Waals surface area contributed by atoms with E-state index in [-0.39, 0.29) is 5.38 Å². The van der Waals surface area contributed by atoms with Gasteiger partial charge in [-0.2, -0.15) is 12.7 Å². The van der Waals surface area contributed by atoms with E-state index in [9.17, 15) is 8.42 Å². The van der Waals surface area contributed by atoms with Crippen LogP contribution < -0.4 is 4.72 Å². The van der Waals surface area contributed by atoms with Crippen LogP contribution in [0.2, 0.25) is 0 Å². The monoisotopic (exact) mass is 228 g/mol. The maximum Gasteiger partial charge on any atom is 0.278 e. The molecule has 6 heteroatoms. The lowest BCUT2D eigenvalue weighted by molar-refractivity contribution is 0.503. The lowest BCUT2D eigenvalue weighted by Crippen LogP contribution is -2.36. The third-order valence-corrected chi connectivity index (χ3v) is 3.72. The van der Waals surface area contributed by atoms with Crippen molar-refractivity contribution in [1.82, 2.24) is 9.03 Å². The predicted molar refractivity (Wildman–Crippen MR) is 55.2 cm³/mol. The van der Waals surface area contributed by atoms with Crippen LogP contribution in [0.25, 0.3) is 0 Å². The van der Waals surface area contributed by atoms with Crippen molar-refractivity contribution in [3.05, 3.63) is 0 Å². The summed E-state index contributed by atoms with van der Waals surface area (Å²) >= 11 is 5.83. The zero-order valence-electron chi connectivity index (χ0n) is 8.25. The van der Waals surface area contributed by atoms with E-state index in [0.717, 1.165) is 10.7 Å². The van der Waals surface area contributed by atoms with Gasteiger partial charge in [0.25, 0.3) is 10.2 Å². The summed E-state index contributed by atoms with van der Waals surface area (Å²) in [6.45, 7) is 2.36. The second kappa shape index (κ2) is 5.80. The summed E-state index contributed by atoms with van der Waals surface area (Å²) in [4.78, 5) is 0. The number of hydrogen-bond donors (Lipinski definition) is 1. The van der Waals surface area contributed by atoms with Crippen LogP contribution >= 0.6 is 11.6 Å². The van der Waals surface area contributed by atoms with Crippen molar-refractivity contribution in [1.29, 1.82) is 0 Å². The molecule has 4 nitrogen and oxygen atoms in total. The van der Waals surface area contributed by atoms with Gasteiger partial charge in [0.15, 0.2) is 0 Å². The largest absolute Gasteiger partial charge is 0.278 e. The van der Waals surface area contributed by atoms with Gasteiger partial charge in [0.1, 0.15) is 0 Å². The van der Waals surface area contributed by atoms with Crippen LogP contribution in [0.1, 0.15) is 19.8 Å². The molecule has 13 heavy (non-hydrogen) atoms. The topological polar surface area (TPSA) is 49.4 Å². The maximum absolute atomic E-state index is 11.2. The van der Waals surface area contributed by atoms with Crippen LogP contribution in [-0.2, 0) is 10.2 Å². The van der Waals surface area contributed by atoms with Crippen LogP contribution in [0.15, 0.2) is 0 Å². The molecule has 0 saturated carbocycles. The van der Waals surface area contributed by atoms with E-state index in [1.807, 2.05) is 6.92 Å². The smallest absolute Gasteiger partial charge is 0.202 e. The highest BCUT2D eigenvalue weighted by Gasteiger charge is 2.12. The molecule has 0 aliphatic heterocycles. The minimum Gasteiger partial charge on any atom is -0.202 e. The summed E-state index contributed by atoms with van der Waals surface area (Å²) < 4.78 is 25.9. The zero-order chi connectivity index (χ0) is 10.5. The maximum atomic E-state index is 11.2. The second-order valence-corrected chi connectivity index (χ2v) is 5.56. The molecule has 0 bridgehead atoms. The van der Waals surface area contributed by atoms with Crippen LogP contribution in [-0.4, -0.2) is 38.7 Å². The Hall–Kier alpha value is 0.160. The minimum atomic E-state index is -3.28. The van der Waals surface area contributed by atoms with Crippen molar-refractivity contribution < 1.29 is 8.42 Å². The lowest BCUT2D eigenvalue weighted by atomic mass is 10.2.